The summed E-state index contributed by atoms with van der Waals surface area (Å²) in [5.74, 6) is 1.58. The number of aryl methyl sites for hydroxylation is 1. The van der Waals surface area contributed by atoms with Crippen molar-refractivity contribution in [2.45, 2.75) is 6.61 Å². The minimum Gasteiger partial charge on any atom is -0.494 e. The zero-order valence-corrected chi connectivity index (χ0v) is 16.9. The zero-order valence-electron chi connectivity index (χ0n) is 16.9. The zero-order chi connectivity index (χ0) is 21.8. The van der Waals surface area contributed by atoms with Gasteiger partial charge in [0, 0.05) is 30.6 Å². The molecule has 0 spiro atoms. The molecular formula is C21H20FN7O2. The Bertz CT molecular complexity index is 1190. The van der Waals surface area contributed by atoms with E-state index < -0.39 is 5.82 Å². The third kappa shape index (κ3) is 4.43. The molecule has 3 N–H and O–H groups in total. The van der Waals surface area contributed by atoms with Crippen molar-refractivity contribution in [1.29, 1.82) is 0 Å². The Morgan fingerprint density at radius 3 is 2.55 bits per heavy atom. The first kappa shape index (κ1) is 20.2. The highest BCUT2D eigenvalue weighted by Gasteiger charge is 2.16. The van der Waals surface area contributed by atoms with Crippen LogP contribution in [-0.4, -0.2) is 36.9 Å². The summed E-state index contributed by atoms with van der Waals surface area (Å²) < 4.78 is 20.3. The van der Waals surface area contributed by atoms with Crippen LogP contribution in [0.1, 0.15) is 5.56 Å². The van der Waals surface area contributed by atoms with Gasteiger partial charge in [0.05, 0.1) is 31.2 Å². The Labute approximate surface area is 177 Å². The summed E-state index contributed by atoms with van der Waals surface area (Å²) in [6.45, 7) is -0.214. The third-order valence-electron chi connectivity index (χ3n) is 4.47. The number of nitrogens with zero attached hydrogens (tertiary/aromatic N) is 5. The van der Waals surface area contributed by atoms with Crippen LogP contribution in [0.2, 0.25) is 0 Å². The number of aromatic nitrogens is 5. The molecule has 0 atom stereocenters. The second kappa shape index (κ2) is 8.76. The molecule has 0 fully saturated rings. The number of pyridine rings is 2. The number of para-hydroxylation sites is 1. The molecule has 3 aromatic heterocycles. The van der Waals surface area contributed by atoms with Crippen molar-refractivity contribution in [2.24, 2.45) is 7.05 Å². The van der Waals surface area contributed by atoms with E-state index in [1.807, 2.05) is 18.2 Å². The van der Waals surface area contributed by atoms with E-state index in [2.05, 4.69) is 30.7 Å². The van der Waals surface area contributed by atoms with Crippen molar-refractivity contribution >= 4 is 23.0 Å². The lowest BCUT2D eigenvalue weighted by atomic mass is 10.1. The van der Waals surface area contributed by atoms with Crippen LogP contribution in [0.25, 0.3) is 11.4 Å². The molecule has 9 nitrogen and oxygen atoms in total. The highest BCUT2D eigenvalue weighted by atomic mass is 19.1. The molecule has 0 amide bonds. The molecule has 0 radical (unpaired) electrons. The molecule has 3 heterocycles. The number of aliphatic hydroxyl groups excluding tert-OH is 1. The number of ether oxygens (including phenoxy) is 1. The van der Waals surface area contributed by atoms with Crippen LogP contribution in [-0.2, 0) is 13.7 Å². The number of anilines is 4. The third-order valence-corrected chi connectivity index (χ3v) is 4.47. The van der Waals surface area contributed by atoms with E-state index in [9.17, 15) is 9.50 Å². The number of hydrogen-bond acceptors (Lipinski definition) is 8. The van der Waals surface area contributed by atoms with Crippen LogP contribution < -0.4 is 15.4 Å². The standard InChI is InChI=1S/C21H20FN7O2/c1-29-12-25-21(28-29)15-4-3-5-16(20(15)31-2)26-17-8-19(23-9-13(17)11-30)27-18-7-6-14(22)10-24-18/h3-10,12,30H,11H2,1-2H3,(H2,23,24,26,27). The molecule has 31 heavy (non-hydrogen) atoms. The summed E-state index contributed by atoms with van der Waals surface area (Å²) in [6, 6.07) is 10.1. The highest BCUT2D eigenvalue weighted by molar-refractivity contribution is 5.79. The van der Waals surface area contributed by atoms with Gasteiger partial charge in [-0.3, -0.25) is 4.68 Å². The predicted molar refractivity (Wildman–Crippen MR) is 114 cm³/mol. The lowest BCUT2D eigenvalue weighted by Crippen LogP contribution is -2.03. The first-order chi connectivity index (χ1) is 15.1. The molecule has 4 aromatic rings. The van der Waals surface area contributed by atoms with Crippen molar-refractivity contribution in [3.8, 4) is 17.1 Å². The molecule has 0 aliphatic rings. The van der Waals surface area contributed by atoms with E-state index in [0.717, 1.165) is 11.8 Å². The van der Waals surface area contributed by atoms with Gasteiger partial charge in [-0.1, -0.05) is 6.07 Å². The number of aliphatic hydroxyl groups is 1. The number of methoxy groups -OCH3 is 1. The first-order valence-corrected chi connectivity index (χ1v) is 9.35. The van der Waals surface area contributed by atoms with Crippen LogP contribution in [0.4, 0.5) is 27.4 Å². The number of halogens is 1. The van der Waals surface area contributed by atoms with Crippen LogP contribution in [0.5, 0.6) is 5.75 Å². The minimum atomic E-state index is -0.425. The largest absolute Gasteiger partial charge is 0.494 e. The van der Waals surface area contributed by atoms with Crippen LogP contribution in [0.3, 0.4) is 0 Å². The Balaban J connectivity index is 1.67. The normalized spacial score (nSPS) is 10.7. The molecule has 0 bridgehead atoms. The van der Waals surface area contributed by atoms with Gasteiger partial charge in [0.1, 0.15) is 23.8 Å². The van der Waals surface area contributed by atoms with Crippen molar-refractivity contribution in [1.82, 2.24) is 24.7 Å². The summed E-state index contributed by atoms with van der Waals surface area (Å²) in [5.41, 5.74) is 2.59. The number of hydrogen-bond donors (Lipinski definition) is 3. The summed E-state index contributed by atoms with van der Waals surface area (Å²) in [6.07, 6.45) is 4.28. The SMILES string of the molecule is COc1c(Nc2cc(Nc3ccc(F)cn3)ncc2CO)cccc1-c1ncn(C)n1. The van der Waals surface area contributed by atoms with E-state index in [4.69, 9.17) is 4.74 Å². The van der Waals surface area contributed by atoms with Gasteiger partial charge in [-0.2, -0.15) is 5.10 Å². The molecule has 0 aliphatic heterocycles. The Morgan fingerprint density at radius 1 is 1.03 bits per heavy atom. The smallest absolute Gasteiger partial charge is 0.184 e. The summed E-state index contributed by atoms with van der Waals surface area (Å²) in [7, 11) is 3.36. The van der Waals surface area contributed by atoms with E-state index in [1.54, 1.807) is 37.4 Å². The van der Waals surface area contributed by atoms with Crippen LogP contribution in [0, 0.1) is 5.82 Å². The maximum Gasteiger partial charge on any atom is 0.184 e. The molecule has 10 heteroatoms. The molecule has 0 saturated heterocycles. The van der Waals surface area contributed by atoms with E-state index in [-0.39, 0.29) is 6.61 Å². The molecule has 158 valence electrons. The highest BCUT2D eigenvalue weighted by Crippen LogP contribution is 2.37. The van der Waals surface area contributed by atoms with Crippen molar-refractivity contribution in [2.75, 3.05) is 17.7 Å². The van der Waals surface area contributed by atoms with E-state index in [1.165, 1.54) is 12.1 Å². The predicted octanol–water partition coefficient (Wildman–Crippen LogP) is 3.40. The molecule has 0 aliphatic carbocycles. The molecule has 0 saturated carbocycles. The second-order valence-electron chi connectivity index (χ2n) is 6.62. The van der Waals surface area contributed by atoms with E-state index >= 15 is 0 Å². The lowest BCUT2D eigenvalue weighted by molar-refractivity contribution is 0.282. The van der Waals surface area contributed by atoms with Gasteiger partial charge in [0.2, 0.25) is 0 Å². The van der Waals surface area contributed by atoms with Gasteiger partial charge in [0.25, 0.3) is 0 Å². The monoisotopic (exact) mass is 421 g/mol. The summed E-state index contributed by atoms with van der Waals surface area (Å²) in [4.78, 5) is 12.5. The van der Waals surface area contributed by atoms with Gasteiger partial charge in [-0.05, 0) is 24.3 Å². The topological polar surface area (TPSA) is 110 Å². The number of rotatable bonds is 7. The molecule has 0 unspecified atom stereocenters. The van der Waals surface area contributed by atoms with Crippen LogP contribution >= 0.6 is 0 Å². The summed E-state index contributed by atoms with van der Waals surface area (Å²) >= 11 is 0. The second-order valence-corrected chi connectivity index (χ2v) is 6.62. The number of benzene rings is 1. The van der Waals surface area contributed by atoms with Crippen molar-refractivity contribution in [3.63, 3.8) is 0 Å². The van der Waals surface area contributed by atoms with Crippen molar-refractivity contribution in [3.05, 3.63) is 66.5 Å². The first-order valence-electron chi connectivity index (χ1n) is 9.35. The Hall–Kier alpha value is -4.05. The van der Waals surface area contributed by atoms with Gasteiger partial charge < -0.3 is 20.5 Å². The lowest BCUT2D eigenvalue weighted by Gasteiger charge is -2.16. The maximum atomic E-state index is 13.1. The summed E-state index contributed by atoms with van der Waals surface area (Å²) in [5, 5.41) is 20.4. The van der Waals surface area contributed by atoms with Gasteiger partial charge in [-0.25, -0.2) is 19.3 Å². The number of nitrogens with one attached hydrogen (secondary N) is 2. The fraction of sp³-hybridized carbons (Fsp3) is 0.143. The Kier molecular flexibility index (Phi) is 5.72. The average Bonchev–Trinajstić information content (AvgIpc) is 3.21. The van der Waals surface area contributed by atoms with E-state index in [0.29, 0.717) is 40.1 Å². The van der Waals surface area contributed by atoms with Crippen LogP contribution in [0.15, 0.2) is 55.1 Å². The van der Waals surface area contributed by atoms with Crippen molar-refractivity contribution < 1.29 is 14.2 Å². The molecular weight excluding hydrogens is 401 g/mol. The molecule has 1 aromatic carbocycles. The quantitative estimate of drug-likeness (QED) is 0.417. The Morgan fingerprint density at radius 2 is 1.87 bits per heavy atom. The van der Waals surface area contributed by atoms with Gasteiger partial charge in [0.15, 0.2) is 11.6 Å². The minimum absolute atomic E-state index is 0.214. The fourth-order valence-electron chi connectivity index (χ4n) is 3.01. The maximum absolute atomic E-state index is 13.1. The van der Waals surface area contributed by atoms with Gasteiger partial charge in [-0.15, -0.1) is 0 Å². The fourth-order valence-corrected chi connectivity index (χ4v) is 3.01. The van der Waals surface area contributed by atoms with Gasteiger partial charge >= 0.3 is 0 Å². The average molecular weight is 421 g/mol. The molecule has 4 rings (SSSR count).